The Morgan fingerprint density at radius 1 is 0.944 bits per heavy atom. The molecule has 2 aromatic carbocycles. The van der Waals surface area contributed by atoms with Gasteiger partial charge < -0.3 is 34.3 Å². The number of carbonyl (C=O) groups is 3. The van der Waals surface area contributed by atoms with Crippen molar-refractivity contribution in [2.45, 2.75) is 37.6 Å². The van der Waals surface area contributed by atoms with Crippen LogP contribution in [0, 0.1) is 0 Å². The fourth-order valence-corrected chi connectivity index (χ4v) is 5.10. The minimum atomic E-state index is -1.92. The number of Topliss-reactive ketones (excluding diaryl/α,β-unsaturated/α-hetero) is 1. The zero-order valence-corrected chi connectivity index (χ0v) is 18.8. The van der Waals surface area contributed by atoms with Crippen molar-refractivity contribution in [3.63, 3.8) is 0 Å². The van der Waals surface area contributed by atoms with Crippen LogP contribution in [0.25, 0.3) is 0 Å². The van der Waals surface area contributed by atoms with Crippen LogP contribution in [-0.4, -0.2) is 51.5 Å². The number of esters is 2. The molecule has 0 aromatic heterocycles. The molecular formula is C26H20O10. The van der Waals surface area contributed by atoms with Gasteiger partial charge in [-0.15, -0.1) is 0 Å². The van der Waals surface area contributed by atoms with Gasteiger partial charge in [0.2, 0.25) is 23.4 Å². The van der Waals surface area contributed by atoms with Crippen molar-refractivity contribution in [3.05, 3.63) is 70.0 Å². The largest absolute Gasteiger partial charge is 0.504 e. The average Bonchev–Trinajstić information content (AvgIpc) is 3.36. The van der Waals surface area contributed by atoms with Gasteiger partial charge in [-0.25, -0.2) is 9.59 Å². The van der Waals surface area contributed by atoms with Crippen molar-refractivity contribution in [2.75, 3.05) is 6.61 Å². The van der Waals surface area contributed by atoms with E-state index < -0.39 is 35.3 Å². The first-order valence-corrected chi connectivity index (χ1v) is 11.3. The lowest BCUT2D eigenvalue weighted by Crippen LogP contribution is -2.46. The summed E-state index contributed by atoms with van der Waals surface area (Å²) in [6, 6.07) is 9.34. The third-order valence-corrected chi connectivity index (χ3v) is 6.76. The monoisotopic (exact) mass is 492 g/mol. The predicted octanol–water partition coefficient (Wildman–Crippen LogP) is 2.09. The average molecular weight is 492 g/mol. The van der Waals surface area contributed by atoms with Crippen LogP contribution >= 0.6 is 0 Å². The lowest BCUT2D eigenvalue weighted by molar-refractivity contribution is -0.173. The molecule has 36 heavy (non-hydrogen) atoms. The van der Waals surface area contributed by atoms with E-state index in [4.69, 9.17) is 18.9 Å². The highest BCUT2D eigenvalue weighted by molar-refractivity contribution is 6.06. The van der Waals surface area contributed by atoms with Crippen molar-refractivity contribution >= 4 is 17.7 Å². The van der Waals surface area contributed by atoms with Gasteiger partial charge in [-0.3, -0.25) is 4.79 Å². The van der Waals surface area contributed by atoms with E-state index in [1.807, 2.05) is 0 Å². The molecule has 10 nitrogen and oxygen atoms in total. The normalized spacial score (nSPS) is 25.1. The molecule has 3 N–H and O–H groups in total. The van der Waals surface area contributed by atoms with Crippen LogP contribution in [0.1, 0.15) is 24.0 Å². The number of aliphatic hydroxyl groups is 1. The minimum Gasteiger partial charge on any atom is -0.504 e. The fourth-order valence-electron chi connectivity index (χ4n) is 5.10. The van der Waals surface area contributed by atoms with Crippen LogP contribution in [-0.2, 0) is 41.4 Å². The van der Waals surface area contributed by atoms with Crippen molar-refractivity contribution in [2.24, 2.45) is 0 Å². The SMILES string of the molecule is O=C1CCC2=C1C(O)OC1=C2C2(Cc3ccc(cc3)Oc3cc(cc(O)c3O)CCOC2=O)OC1=O. The molecule has 1 aliphatic carbocycles. The number of phenols is 2. The lowest BCUT2D eigenvalue weighted by Gasteiger charge is -2.31. The molecule has 0 saturated carbocycles. The minimum absolute atomic E-state index is 0.0227. The smallest absolute Gasteiger partial charge is 0.375 e. The standard InChI is InChI=1S/C26H20O10/c27-16-6-5-15-19(16)23(30)35-22-20(15)26(36-24(22)31)11-12-1-3-14(4-2-12)34-18-10-13(7-8-33-25(26)32)9-17(28)21(18)29/h1-4,9-10,23,28-30H,5-8,11H2. The van der Waals surface area contributed by atoms with E-state index in [2.05, 4.69) is 0 Å². The summed E-state index contributed by atoms with van der Waals surface area (Å²) >= 11 is 0. The molecule has 2 aromatic rings. The maximum atomic E-state index is 13.6. The number of hydrogen-bond donors (Lipinski definition) is 3. The zero-order chi connectivity index (χ0) is 25.2. The number of carbonyl (C=O) groups excluding carboxylic acids is 3. The maximum Gasteiger partial charge on any atom is 0.375 e. The van der Waals surface area contributed by atoms with Crippen molar-refractivity contribution < 1.29 is 48.7 Å². The highest BCUT2D eigenvalue weighted by Gasteiger charge is 2.60. The quantitative estimate of drug-likeness (QED) is 0.369. The predicted molar refractivity (Wildman–Crippen MR) is 119 cm³/mol. The summed E-state index contributed by atoms with van der Waals surface area (Å²) in [6.07, 6.45) is -1.23. The van der Waals surface area contributed by atoms with Crippen molar-refractivity contribution in [1.29, 1.82) is 0 Å². The molecule has 4 aliphatic heterocycles. The van der Waals surface area contributed by atoms with Gasteiger partial charge >= 0.3 is 11.9 Å². The van der Waals surface area contributed by atoms with E-state index in [1.165, 1.54) is 12.1 Å². The first-order valence-electron chi connectivity index (χ1n) is 11.3. The highest BCUT2D eigenvalue weighted by Crippen LogP contribution is 2.49. The van der Waals surface area contributed by atoms with E-state index in [0.29, 0.717) is 22.4 Å². The van der Waals surface area contributed by atoms with Crippen molar-refractivity contribution in [3.8, 4) is 23.0 Å². The molecule has 10 heteroatoms. The summed E-state index contributed by atoms with van der Waals surface area (Å²) in [6.45, 7) is -0.143. The Kier molecular flexibility index (Phi) is 4.84. The van der Waals surface area contributed by atoms with E-state index in [9.17, 15) is 29.7 Å². The first kappa shape index (κ1) is 22.2. The van der Waals surface area contributed by atoms with Crippen LogP contribution in [0.2, 0.25) is 0 Å². The molecule has 0 fully saturated rings. The summed E-state index contributed by atoms with van der Waals surface area (Å²) in [7, 11) is 0. The van der Waals surface area contributed by atoms with Gasteiger partial charge in [0.1, 0.15) is 5.75 Å². The Labute approximate surface area is 204 Å². The zero-order valence-electron chi connectivity index (χ0n) is 18.8. The molecule has 7 rings (SSSR count). The molecule has 4 bridgehead atoms. The molecule has 2 unspecified atom stereocenters. The van der Waals surface area contributed by atoms with Gasteiger partial charge in [0, 0.05) is 19.3 Å². The van der Waals surface area contributed by atoms with Gasteiger partial charge in [0.05, 0.1) is 17.8 Å². The Balaban J connectivity index is 1.47. The van der Waals surface area contributed by atoms with Gasteiger partial charge in [-0.05, 0) is 47.4 Å². The van der Waals surface area contributed by atoms with Gasteiger partial charge in [-0.2, -0.15) is 0 Å². The topological polar surface area (TPSA) is 149 Å². The third kappa shape index (κ3) is 3.25. The molecule has 4 heterocycles. The van der Waals surface area contributed by atoms with Crippen LogP contribution in [0.15, 0.2) is 58.9 Å². The first-order chi connectivity index (χ1) is 17.3. The molecule has 5 aliphatic rings. The number of rotatable bonds is 0. The fraction of sp³-hybridized carbons (Fsp3) is 0.269. The number of ketones is 1. The Morgan fingerprint density at radius 3 is 2.50 bits per heavy atom. The number of phenolic OH excluding ortho intramolecular Hbond substituents is 2. The van der Waals surface area contributed by atoms with Gasteiger partial charge in [0.25, 0.3) is 0 Å². The number of ether oxygens (including phenoxy) is 4. The third-order valence-electron chi connectivity index (χ3n) is 6.76. The number of hydrogen-bond acceptors (Lipinski definition) is 10. The second kappa shape index (κ2) is 7.85. The Bertz CT molecular complexity index is 1400. The van der Waals surface area contributed by atoms with E-state index in [1.54, 1.807) is 24.3 Å². The molecule has 1 spiro atoms. The van der Waals surface area contributed by atoms with Gasteiger partial charge in [0.15, 0.2) is 17.3 Å². The second-order valence-electron chi connectivity index (χ2n) is 8.98. The summed E-state index contributed by atoms with van der Waals surface area (Å²) < 4.78 is 22.4. The van der Waals surface area contributed by atoms with Gasteiger partial charge in [-0.1, -0.05) is 12.1 Å². The molecule has 184 valence electrons. The maximum absolute atomic E-state index is 13.6. The molecule has 0 radical (unpaired) electrons. The lowest BCUT2D eigenvalue weighted by atomic mass is 9.81. The van der Waals surface area contributed by atoms with E-state index in [0.717, 1.165) is 0 Å². The Morgan fingerprint density at radius 2 is 1.72 bits per heavy atom. The van der Waals surface area contributed by atoms with E-state index >= 15 is 0 Å². The number of aliphatic hydroxyl groups excluding tert-OH is 1. The summed E-state index contributed by atoms with van der Waals surface area (Å²) in [5, 5.41) is 30.6. The molecule has 0 amide bonds. The van der Waals surface area contributed by atoms with Crippen LogP contribution in [0.3, 0.4) is 0 Å². The molecule has 0 saturated heterocycles. The number of fused-ring (bicyclic) bond motifs is 6. The number of benzene rings is 2. The summed E-state index contributed by atoms with van der Waals surface area (Å²) in [4.78, 5) is 38.9. The van der Waals surface area contributed by atoms with E-state index in [-0.39, 0.29) is 60.7 Å². The highest BCUT2D eigenvalue weighted by atomic mass is 16.7. The number of aromatic hydroxyl groups is 2. The molecular weight excluding hydrogens is 472 g/mol. The Hall–Kier alpha value is -4.31. The van der Waals surface area contributed by atoms with Crippen molar-refractivity contribution in [1.82, 2.24) is 0 Å². The van der Waals surface area contributed by atoms with Crippen LogP contribution in [0.5, 0.6) is 23.0 Å². The summed E-state index contributed by atoms with van der Waals surface area (Å²) in [5.41, 5.74) is -0.321. The molecule has 2 atom stereocenters. The van der Waals surface area contributed by atoms with Crippen LogP contribution in [0.4, 0.5) is 0 Å². The van der Waals surface area contributed by atoms with Crippen LogP contribution < -0.4 is 4.74 Å². The summed E-state index contributed by atoms with van der Waals surface area (Å²) in [5.74, 6) is -2.82. The second-order valence-corrected chi connectivity index (χ2v) is 8.98.